The van der Waals surface area contributed by atoms with Crippen LogP contribution in [0.2, 0.25) is 0 Å². The summed E-state index contributed by atoms with van der Waals surface area (Å²) in [7, 11) is 0. The second-order valence-corrected chi connectivity index (χ2v) is 5.01. The van der Waals surface area contributed by atoms with Gasteiger partial charge in [-0.15, -0.1) is 11.8 Å². The van der Waals surface area contributed by atoms with Crippen LogP contribution in [0.25, 0.3) is 0 Å². The molecule has 2 nitrogen and oxygen atoms in total. The molecule has 1 aromatic rings. The van der Waals surface area contributed by atoms with E-state index in [4.69, 9.17) is 5.84 Å². The molecule has 96 valence electrons. The molecule has 1 aromatic carbocycles. The van der Waals surface area contributed by atoms with Crippen molar-refractivity contribution >= 4 is 0 Å². The van der Waals surface area contributed by atoms with Crippen molar-refractivity contribution in [3.63, 3.8) is 0 Å². The number of hydrogen-bond acceptors (Lipinski definition) is 2. The molecule has 18 heavy (non-hydrogen) atoms. The number of hydrazine groups is 1. The molecule has 0 radical (unpaired) electrons. The third-order valence-electron chi connectivity index (χ3n) is 3.93. The number of benzene rings is 1. The van der Waals surface area contributed by atoms with E-state index in [-0.39, 0.29) is 0 Å². The maximum atomic E-state index is 5.71. The molecule has 0 saturated heterocycles. The summed E-state index contributed by atoms with van der Waals surface area (Å²) in [5.41, 5.74) is 6.00. The maximum Gasteiger partial charge on any atom is 0.0251 e. The molecule has 1 aliphatic carbocycles. The van der Waals surface area contributed by atoms with E-state index in [1.165, 1.54) is 24.0 Å². The minimum absolute atomic E-state index is 0.388. The summed E-state index contributed by atoms with van der Waals surface area (Å²) in [6.07, 6.45) is 5.53. The third-order valence-corrected chi connectivity index (χ3v) is 3.93. The van der Waals surface area contributed by atoms with Crippen LogP contribution in [0.15, 0.2) is 24.3 Å². The topological polar surface area (TPSA) is 38.0 Å². The van der Waals surface area contributed by atoms with E-state index in [0.717, 1.165) is 19.3 Å². The van der Waals surface area contributed by atoms with Crippen molar-refractivity contribution in [3.8, 4) is 11.8 Å². The fourth-order valence-corrected chi connectivity index (χ4v) is 2.88. The Labute approximate surface area is 110 Å². The average Bonchev–Trinajstić information content (AvgIpc) is 2.43. The Balaban J connectivity index is 1.99. The van der Waals surface area contributed by atoms with Crippen molar-refractivity contribution in [1.82, 2.24) is 5.43 Å². The molecule has 0 aromatic heterocycles. The molecule has 0 saturated carbocycles. The molecule has 0 spiro atoms. The van der Waals surface area contributed by atoms with E-state index in [9.17, 15) is 0 Å². The van der Waals surface area contributed by atoms with Gasteiger partial charge in [-0.1, -0.05) is 24.3 Å². The first kappa shape index (κ1) is 13.1. The van der Waals surface area contributed by atoms with Gasteiger partial charge in [0.2, 0.25) is 0 Å². The minimum atomic E-state index is 0.388. The summed E-state index contributed by atoms with van der Waals surface area (Å²) in [4.78, 5) is 0. The van der Waals surface area contributed by atoms with Gasteiger partial charge in [0.05, 0.1) is 0 Å². The lowest BCUT2D eigenvalue weighted by Gasteiger charge is -2.31. The number of aryl methyl sites for hydroxylation is 1. The zero-order valence-corrected chi connectivity index (χ0v) is 11.1. The normalized spacial score (nSPS) is 19.6. The van der Waals surface area contributed by atoms with Gasteiger partial charge in [0.25, 0.3) is 0 Å². The van der Waals surface area contributed by atoms with Gasteiger partial charge in [0.15, 0.2) is 0 Å². The monoisotopic (exact) mass is 242 g/mol. The van der Waals surface area contributed by atoms with Gasteiger partial charge in [0, 0.05) is 12.5 Å². The van der Waals surface area contributed by atoms with Crippen molar-refractivity contribution < 1.29 is 0 Å². The van der Waals surface area contributed by atoms with Crippen LogP contribution in [0.3, 0.4) is 0 Å². The largest absolute Gasteiger partial charge is 0.271 e. The number of nitrogens with two attached hydrogens (primary N) is 1. The SMILES string of the molecule is CC#CCCC(NN)C1CCc2ccccc2C1. The fourth-order valence-electron chi connectivity index (χ4n) is 2.88. The average molecular weight is 242 g/mol. The number of nitrogens with one attached hydrogen (secondary N) is 1. The van der Waals surface area contributed by atoms with Crippen LogP contribution in [-0.4, -0.2) is 6.04 Å². The second-order valence-electron chi connectivity index (χ2n) is 5.01. The predicted molar refractivity (Wildman–Crippen MR) is 75.8 cm³/mol. The van der Waals surface area contributed by atoms with E-state index >= 15 is 0 Å². The highest BCUT2D eigenvalue weighted by atomic mass is 15.2. The standard InChI is InChI=1S/C16H22N2/c1-2-3-4-9-16(18-17)15-11-10-13-7-5-6-8-14(13)12-15/h5-8,15-16,18H,4,9-12,17H2,1H3. The van der Waals surface area contributed by atoms with Crippen LogP contribution in [0, 0.1) is 17.8 Å². The van der Waals surface area contributed by atoms with Crippen LogP contribution in [0.4, 0.5) is 0 Å². The van der Waals surface area contributed by atoms with Crippen molar-refractivity contribution in [3.05, 3.63) is 35.4 Å². The Kier molecular flexibility index (Phi) is 4.81. The molecule has 0 fully saturated rings. The first-order chi connectivity index (χ1) is 8.85. The number of hydrogen-bond donors (Lipinski definition) is 2. The highest BCUT2D eigenvalue weighted by Gasteiger charge is 2.24. The predicted octanol–water partition coefficient (Wildman–Crippen LogP) is 2.43. The van der Waals surface area contributed by atoms with Crippen molar-refractivity contribution in [2.24, 2.45) is 11.8 Å². The Morgan fingerprint density at radius 1 is 1.39 bits per heavy atom. The molecular formula is C16H22N2. The summed E-state index contributed by atoms with van der Waals surface area (Å²) in [5.74, 6) is 12.4. The van der Waals surface area contributed by atoms with Gasteiger partial charge in [-0.3, -0.25) is 11.3 Å². The molecule has 1 aliphatic rings. The smallest absolute Gasteiger partial charge is 0.0251 e. The summed E-state index contributed by atoms with van der Waals surface area (Å²) in [6, 6.07) is 9.16. The summed E-state index contributed by atoms with van der Waals surface area (Å²) in [5, 5.41) is 0. The molecule has 0 heterocycles. The van der Waals surface area contributed by atoms with Crippen molar-refractivity contribution in [2.45, 2.75) is 45.1 Å². The number of rotatable bonds is 4. The Morgan fingerprint density at radius 3 is 2.89 bits per heavy atom. The fraction of sp³-hybridized carbons (Fsp3) is 0.500. The second kappa shape index (κ2) is 6.58. The highest BCUT2D eigenvalue weighted by molar-refractivity contribution is 5.30. The Bertz CT molecular complexity index is 442. The lowest BCUT2D eigenvalue weighted by Crippen LogP contribution is -2.42. The molecule has 0 bridgehead atoms. The third kappa shape index (κ3) is 3.13. The van der Waals surface area contributed by atoms with Crippen molar-refractivity contribution in [2.75, 3.05) is 0 Å². The Hall–Kier alpha value is -1.30. The van der Waals surface area contributed by atoms with Gasteiger partial charge in [-0.2, -0.15) is 0 Å². The lowest BCUT2D eigenvalue weighted by molar-refractivity contribution is 0.310. The van der Waals surface area contributed by atoms with Gasteiger partial charge in [-0.05, 0) is 49.7 Å². The van der Waals surface area contributed by atoms with Gasteiger partial charge >= 0.3 is 0 Å². The summed E-state index contributed by atoms with van der Waals surface area (Å²) >= 11 is 0. The van der Waals surface area contributed by atoms with Crippen LogP contribution < -0.4 is 11.3 Å². The minimum Gasteiger partial charge on any atom is -0.271 e. The highest BCUT2D eigenvalue weighted by Crippen LogP contribution is 2.28. The molecular weight excluding hydrogens is 220 g/mol. The zero-order valence-electron chi connectivity index (χ0n) is 11.1. The maximum absolute atomic E-state index is 5.71. The molecule has 2 atom stereocenters. The van der Waals surface area contributed by atoms with E-state index in [1.54, 1.807) is 0 Å². The first-order valence-corrected chi connectivity index (χ1v) is 6.77. The van der Waals surface area contributed by atoms with Crippen LogP contribution in [0.1, 0.15) is 37.3 Å². The van der Waals surface area contributed by atoms with E-state index in [2.05, 4.69) is 41.5 Å². The lowest BCUT2D eigenvalue weighted by atomic mass is 9.79. The zero-order chi connectivity index (χ0) is 12.8. The van der Waals surface area contributed by atoms with E-state index < -0.39 is 0 Å². The van der Waals surface area contributed by atoms with E-state index in [0.29, 0.717) is 12.0 Å². The van der Waals surface area contributed by atoms with Crippen LogP contribution in [0.5, 0.6) is 0 Å². The quantitative estimate of drug-likeness (QED) is 0.483. The summed E-state index contributed by atoms with van der Waals surface area (Å²) in [6.45, 7) is 1.89. The molecule has 2 heteroatoms. The van der Waals surface area contributed by atoms with Gasteiger partial charge in [0.1, 0.15) is 0 Å². The van der Waals surface area contributed by atoms with E-state index in [1.807, 2.05) is 6.92 Å². The Morgan fingerprint density at radius 2 is 2.17 bits per heavy atom. The van der Waals surface area contributed by atoms with Crippen LogP contribution >= 0.6 is 0 Å². The molecule has 0 amide bonds. The molecule has 0 aliphatic heterocycles. The number of fused-ring (bicyclic) bond motifs is 1. The molecule has 2 unspecified atom stereocenters. The molecule has 3 N–H and O–H groups in total. The van der Waals surface area contributed by atoms with Crippen molar-refractivity contribution in [1.29, 1.82) is 0 Å². The van der Waals surface area contributed by atoms with Gasteiger partial charge in [-0.25, -0.2) is 0 Å². The summed E-state index contributed by atoms with van der Waals surface area (Å²) < 4.78 is 0. The first-order valence-electron chi connectivity index (χ1n) is 6.77. The van der Waals surface area contributed by atoms with Gasteiger partial charge < -0.3 is 0 Å². The van der Waals surface area contributed by atoms with Crippen LogP contribution in [-0.2, 0) is 12.8 Å². The molecule has 2 rings (SSSR count).